The molecule has 0 aromatic carbocycles. The third-order valence-corrected chi connectivity index (χ3v) is 2.02. The van der Waals surface area contributed by atoms with Crippen LogP contribution in [0, 0.1) is 0 Å². The lowest BCUT2D eigenvalue weighted by Crippen LogP contribution is -2.20. The first-order valence-electron chi connectivity index (χ1n) is 4.41. The normalized spacial score (nSPS) is 10.6. The number of rotatable bonds is 4. The Balaban J connectivity index is 2.33. The van der Waals surface area contributed by atoms with Crippen molar-refractivity contribution >= 4 is 0 Å². The van der Waals surface area contributed by atoms with Crippen LogP contribution in [-0.2, 0) is 6.42 Å². The zero-order chi connectivity index (χ0) is 8.81. The van der Waals surface area contributed by atoms with Gasteiger partial charge in [0.2, 0.25) is 0 Å². The largest absolute Gasteiger partial charge is 0.306 e. The summed E-state index contributed by atoms with van der Waals surface area (Å²) in [6, 6.07) is 6.06. The lowest BCUT2D eigenvalue weighted by molar-refractivity contribution is 0.356. The molecular weight excluding hydrogens is 148 g/mol. The van der Waals surface area contributed by atoms with Gasteiger partial charge in [-0.2, -0.15) is 0 Å². The monoisotopic (exact) mass is 164 g/mol. The molecular formula is C10H16N2. The molecule has 0 atom stereocenters. The number of hydrogen-bond acceptors (Lipinski definition) is 2. The third kappa shape index (κ3) is 3.01. The number of nitrogens with zero attached hydrogens (tertiary/aromatic N) is 2. The fourth-order valence-corrected chi connectivity index (χ4v) is 1.01. The van der Waals surface area contributed by atoms with Crippen LogP contribution in [0.1, 0.15) is 12.6 Å². The second kappa shape index (κ2) is 4.88. The van der Waals surface area contributed by atoms with E-state index >= 15 is 0 Å². The Labute approximate surface area is 74.2 Å². The Morgan fingerprint density at radius 3 is 2.83 bits per heavy atom. The van der Waals surface area contributed by atoms with Crippen LogP contribution in [-0.4, -0.2) is 30.0 Å². The van der Waals surface area contributed by atoms with Gasteiger partial charge in [0.05, 0.1) is 0 Å². The van der Waals surface area contributed by atoms with Crippen LogP contribution in [0.15, 0.2) is 24.4 Å². The van der Waals surface area contributed by atoms with Crippen LogP contribution < -0.4 is 0 Å². The predicted octanol–water partition coefficient (Wildman–Crippen LogP) is 1.58. The summed E-state index contributed by atoms with van der Waals surface area (Å²) in [7, 11) is 2.13. The standard InChI is InChI=1S/C10H16N2/c1-3-12(2)9-7-10-6-4-5-8-11-10/h4-6,8H,3,7,9H2,1-2H3. The summed E-state index contributed by atoms with van der Waals surface area (Å²) in [6.07, 6.45) is 2.90. The molecule has 1 aromatic heterocycles. The quantitative estimate of drug-likeness (QED) is 0.671. The van der Waals surface area contributed by atoms with Crippen molar-refractivity contribution in [2.24, 2.45) is 0 Å². The van der Waals surface area contributed by atoms with E-state index in [4.69, 9.17) is 0 Å². The Bertz CT molecular complexity index is 208. The van der Waals surface area contributed by atoms with E-state index in [0.29, 0.717) is 0 Å². The molecule has 0 saturated heterocycles. The van der Waals surface area contributed by atoms with Gasteiger partial charge in [-0.1, -0.05) is 13.0 Å². The van der Waals surface area contributed by atoms with Gasteiger partial charge in [0.15, 0.2) is 0 Å². The Kier molecular flexibility index (Phi) is 3.74. The summed E-state index contributed by atoms with van der Waals surface area (Å²) in [5.41, 5.74) is 1.18. The summed E-state index contributed by atoms with van der Waals surface area (Å²) in [6.45, 7) is 4.36. The molecule has 0 aliphatic heterocycles. The van der Waals surface area contributed by atoms with Gasteiger partial charge in [-0.25, -0.2) is 0 Å². The van der Waals surface area contributed by atoms with Crippen molar-refractivity contribution in [3.05, 3.63) is 30.1 Å². The van der Waals surface area contributed by atoms with Gasteiger partial charge >= 0.3 is 0 Å². The predicted molar refractivity (Wildman–Crippen MR) is 51.1 cm³/mol. The smallest absolute Gasteiger partial charge is 0.0416 e. The molecule has 12 heavy (non-hydrogen) atoms. The molecule has 0 saturated carbocycles. The number of likely N-dealkylation sites (N-methyl/N-ethyl adjacent to an activating group) is 1. The second-order valence-electron chi connectivity index (χ2n) is 2.97. The van der Waals surface area contributed by atoms with E-state index in [0.717, 1.165) is 19.5 Å². The van der Waals surface area contributed by atoms with Crippen molar-refractivity contribution < 1.29 is 0 Å². The summed E-state index contributed by atoms with van der Waals surface area (Å²) in [5.74, 6) is 0. The first kappa shape index (κ1) is 9.20. The highest BCUT2D eigenvalue weighted by molar-refractivity contribution is 5.03. The minimum Gasteiger partial charge on any atom is -0.306 e. The van der Waals surface area contributed by atoms with Crippen molar-refractivity contribution in [1.29, 1.82) is 0 Å². The summed E-state index contributed by atoms with van der Waals surface area (Å²) in [4.78, 5) is 6.54. The van der Waals surface area contributed by atoms with Gasteiger partial charge in [0.1, 0.15) is 0 Å². The summed E-state index contributed by atoms with van der Waals surface area (Å²) >= 11 is 0. The van der Waals surface area contributed by atoms with Crippen LogP contribution in [0.2, 0.25) is 0 Å². The third-order valence-electron chi connectivity index (χ3n) is 2.02. The molecule has 0 aliphatic rings. The maximum absolute atomic E-state index is 4.26. The lowest BCUT2D eigenvalue weighted by Gasteiger charge is -2.12. The maximum Gasteiger partial charge on any atom is 0.0416 e. The molecule has 0 unspecified atom stereocenters. The van der Waals surface area contributed by atoms with Gasteiger partial charge in [-0.15, -0.1) is 0 Å². The first-order valence-corrected chi connectivity index (χ1v) is 4.41. The van der Waals surface area contributed by atoms with E-state index in [1.165, 1.54) is 5.69 Å². The lowest BCUT2D eigenvalue weighted by atomic mass is 10.2. The molecule has 0 bridgehead atoms. The molecule has 2 nitrogen and oxygen atoms in total. The van der Waals surface area contributed by atoms with Crippen molar-refractivity contribution in [3.8, 4) is 0 Å². The summed E-state index contributed by atoms with van der Waals surface area (Å²) in [5, 5.41) is 0. The molecule has 66 valence electrons. The summed E-state index contributed by atoms with van der Waals surface area (Å²) < 4.78 is 0. The average molecular weight is 164 g/mol. The highest BCUT2D eigenvalue weighted by Crippen LogP contribution is 1.95. The van der Waals surface area contributed by atoms with E-state index in [1.54, 1.807) is 0 Å². The molecule has 0 radical (unpaired) electrons. The van der Waals surface area contributed by atoms with Gasteiger partial charge < -0.3 is 4.90 Å². The number of aromatic nitrogens is 1. The Morgan fingerprint density at radius 1 is 1.42 bits per heavy atom. The van der Waals surface area contributed by atoms with Crippen molar-refractivity contribution in [2.45, 2.75) is 13.3 Å². The molecule has 1 rings (SSSR count). The van der Waals surface area contributed by atoms with E-state index in [-0.39, 0.29) is 0 Å². The molecule has 2 heteroatoms. The SMILES string of the molecule is CCN(C)CCc1ccccn1. The molecule has 0 amide bonds. The van der Waals surface area contributed by atoms with Gasteiger partial charge in [0, 0.05) is 24.9 Å². The molecule has 1 heterocycles. The van der Waals surface area contributed by atoms with E-state index < -0.39 is 0 Å². The minimum absolute atomic E-state index is 1.05. The van der Waals surface area contributed by atoms with Crippen LogP contribution >= 0.6 is 0 Å². The molecule has 0 aliphatic carbocycles. The first-order chi connectivity index (χ1) is 5.83. The van der Waals surface area contributed by atoms with Crippen LogP contribution in [0.3, 0.4) is 0 Å². The highest BCUT2D eigenvalue weighted by Gasteiger charge is 1.95. The van der Waals surface area contributed by atoms with Gasteiger partial charge in [0.25, 0.3) is 0 Å². The second-order valence-corrected chi connectivity index (χ2v) is 2.97. The topological polar surface area (TPSA) is 16.1 Å². The molecule has 0 N–H and O–H groups in total. The van der Waals surface area contributed by atoms with Crippen molar-refractivity contribution in [1.82, 2.24) is 9.88 Å². The molecule has 0 fully saturated rings. The van der Waals surface area contributed by atoms with Crippen LogP contribution in [0.5, 0.6) is 0 Å². The van der Waals surface area contributed by atoms with Crippen LogP contribution in [0.4, 0.5) is 0 Å². The Hall–Kier alpha value is -0.890. The van der Waals surface area contributed by atoms with E-state index in [9.17, 15) is 0 Å². The van der Waals surface area contributed by atoms with Gasteiger partial charge in [-0.05, 0) is 25.7 Å². The number of hydrogen-bond donors (Lipinski definition) is 0. The van der Waals surface area contributed by atoms with E-state index in [1.807, 2.05) is 18.3 Å². The van der Waals surface area contributed by atoms with E-state index in [2.05, 4.69) is 29.9 Å². The highest BCUT2D eigenvalue weighted by atomic mass is 15.1. The maximum atomic E-state index is 4.26. The molecule has 1 aromatic rings. The molecule has 0 spiro atoms. The van der Waals surface area contributed by atoms with Crippen molar-refractivity contribution in [2.75, 3.05) is 20.1 Å². The zero-order valence-corrected chi connectivity index (χ0v) is 7.83. The van der Waals surface area contributed by atoms with Gasteiger partial charge in [-0.3, -0.25) is 4.98 Å². The average Bonchev–Trinajstić information content (AvgIpc) is 2.16. The number of pyridine rings is 1. The Morgan fingerprint density at radius 2 is 2.25 bits per heavy atom. The fraction of sp³-hybridized carbons (Fsp3) is 0.500. The zero-order valence-electron chi connectivity index (χ0n) is 7.83. The van der Waals surface area contributed by atoms with Crippen LogP contribution in [0.25, 0.3) is 0 Å². The van der Waals surface area contributed by atoms with Crippen molar-refractivity contribution in [3.63, 3.8) is 0 Å². The fourth-order valence-electron chi connectivity index (χ4n) is 1.01. The minimum atomic E-state index is 1.05.